The zero-order valence-electron chi connectivity index (χ0n) is 11.5. The summed E-state index contributed by atoms with van der Waals surface area (Å²) in [6.07, 6.45) is 3.90. The lowest BCUT2D eigenvalue weighted by molar-refractivity contribution is -0.147. The van der Waals surface area contributed by atoms with Gasteiger partial charge in [0.2, 0.25) is 5.91 Å². The molecule has 0 aromatic carbocycles. The fourth-order valence-electron chi connectivity index (χ4n) is 3.02. The van der Waals surface area contributed by atoms with E-state index in [0.29, 0.717) is 12.3 Å². The fourth-order valence-corrected chi connectivity index (χ4v) is 3.02. The Morgan fingerprint density at radius 3 is 2.67 bits per heavy atom. The molecule has 0 saturated carbocycles. The summed E-state index contributed by atoms with van der Waals surface area (Å²) in [5, 5.41) is 10.0. The van der Waals surface area contributed by atoms with Crippen LogP contribution in [0, 0.1) is 5.92 Å². The number of nitrogens with zero attached hydrogens (tertiary/aromatic N) is 1. The summed E-state index contributed by atoms with van der Waals surface area (Å²) in [6, 6.07) is 0. The molecule has 0 aromatic rings. The highest BCUT2D eigenvalue weighted by Gasteiger charge is 2.40. The van der Waals surface area contributed by atoms with Gasteiger partial charge in [0.05, 0.1) is 11.6 Å². The lowest BCUT2D eigenvalue weighted by Gasteiger charge is -2.46. The average Bonchev–Trinajstić information content (AvgIpc) is 2.33. The van der Waals surface area contributed by atoms with Crippen LogP contribution >= 0.6 is 0 Å². The second-order valence-corrected chi connectivity index (χ2v) is 6.12. The molecule has 0 aliphatic carbocycles. The molecule has 2 fully saturated rings. The smallest absolute Gasteiger partial charge is 0.223 e. The minimum Gasteiger partial charge on any atom is -0.391 e. The van der Waals surface area contributed by atoms with Crippen molar-refractivity contribution >= 4 is 5.91 Å². The molecule has 1 atom stereocenters. The van der Waals surface area contributed by atoms with Gasteiger partial charge in [-0.25, -0.2) is 0 Å². The van der Waals surface area contributed by atoms with E-state index in [2.05, 4.69) is 0 Å². The third-order valence-electron chi connectivity index (χ3n) is 4.48. The molecule has 0 bridgehead atoms. The van der Waals surface area contributed by atoms with Crippen molar-refractivity contribution in [2.75, 3.05) is 19.8 Å². The van der Waals surface area contributed by atoms with Gasteiger partial charge in [0, 0.05) is 26.2 Å². The fraction of sp³-hybridized carbons (Fsp3) is 0.929. The molecule has 104 valence electrons. The Bertz CT molecular complexity index is 297. The number of carbonyl (C=O) groups is 1. The van der Waals surface area contributed by atoms with Crippen LogP contribution in [-0.4, -0.2) is 47.3 Å². The number of rotatable bonds is 2. The van der Waals surface area contributed by atoms with Gasteiger partial charge in [0.1, 0.15) is 0 Å². The van der Waals surface area contributed by atoms with Crippen molar-refractivity contribution in [3.63, 3.8) is 0 Å². The van der Waals surface area contributed by atoms with Gasteiger partial charge < -0.3 is 14.7 Å². The van der Waals surface area contributed by atoms with Crippen LogP contribution in [0.1, 0.15) is 46.0 Å². The van der Waals surface area contributed by atoms with Gasteiger partial charge in [-0.15, -0.1) is 0 Å². The number of amides is 1. The standard InChI is InChI=1S/C14H25NO3/c1-14(2)12(16)4-3-7-15(14)13(17)10-11-5-8-18-9-6-11/h11-12,16H,3-10H2,1-2H3. The molecule has 18 heavy (non-hydrogen) atoms. The lowest BCUT2D eigenvalue weighted by atomic mass is 9.86. The Morgan fingerprint density at radius 2 is 2.00 bits per heavy atom. The first-order valence-electron chi connectivity index (χ1n) is 7.08. The highest BCUT2D eigenvalue weighted by Crippen LogP contribution is 2.30. The molecular formula is C14H25NO3. The maximum absolute atomic E-state index is 12.4. The quantitative estimate of drug-likeness (QED) is 0.814. The Kier molecular flexibility index (Phi) is 4.28. The molecule has 2 heterocycles. The Hall–Kier alpha value is -0.610. The molecule has 1 unspecified atom stereocenters. The lowest BCUT2D eigenvalue weighted by Crippen LogP contribution is -2.58. The van der Waals surface area contributed by atoms with Gasteiger partial charge in [0.25, 0.3) is 0 Å². The van der Waals surface area contributed by atoms with Crippen molar-refractivity contribution in [3.05, 3.63) is 0 Å². The highest BCUT2D eigenvalue weighted by molar-refractivity contribution is 5.77. The SMILES string of the molecule is CC1(C)C(O)CCCN1C(=O)CC1CCOCC1. The molecule has 0 radical (unpaired) electrons. The molecule has 0 aromatic heterocycles. The van der Waals surface area contributed by atoms with Crippen molar-refractivity contribution in [2.45, 2.75) is 57.6 Å². The molecule has 2 rings (SSSR count). The summed E-state index contributed by atoms with van der Waals surface area (Å²) in [5.41, 5.74) is -0.416. The number of piperidine rings is 1. The van der Waals surface area contributed by atoms with Crippen LogP contribution in [0.5, 0.6) is 0 Å². The predicted molar refractivity (Wildman–Crippen MR) is 69.2 cm³/mol. The summed E-state index contributed by atoms with van der Waals surface area (Å²) in [5.74, 6) is 0.659. The van der Waals surface area contributed by atoms with E-state index in [9.17, 15) is 9.90 Å². The molecule has 1 amide bonds. The third-order valence-corrected chi connectivity index (χ3v) is 4.48. The van der Waals surface area contributed by atoms with Gasteiger partial charge in [0.15, 0.2) is 0 Å². The minimum absolute atomic E-state index is 0.200. The zero-order chi connectivity index (χ0) is 13.2. The maximum atomic E-state index is 12.4. The normalized spacial score (nSPS) is 29.3. The van der Waals surface area contributed by atoms with Gasteiger partial charge >= 0.3 is 0 Å². The predicted octanol–water partition coefficient (Wildman–Crippen LogP) is 1.56. The first kappa shape index (κ1) is 13.8. The van der Waals surface area contributed by atoms with E-state index in [4.69, 9.17) is 4.74 Å². The first-order valence-corrected chi connectivity index (χ1v) is 7.08. The summed E-state index contributed by atoms with van der Waals surface area (Å²) >= 11 is 0. The van der Waals surface area contributed by atoms with Crippen LogP contribution in [0.15, 0.2) is 0 Å². The second kappa shape index (κ2) is 5.57. The number of aliphatic hydroxyl groups excluding tert-OH is 1. The van der Waals surface area contributed by atoms with Crippen molar-refractivity contribution < 1.29 is 14.6 Å². The molecular weight excluding hydrogens is 230 g/mol. The number of hydrogen-bond donors (Lipinski definition) is 1. The van der Waals surface area contributed by atoms with Crippen LogP contribution in [0.2, 0.25) is 0 Å². The second-order valence-electron chi connectivity index (χ2n) is 6.12. The van der Waals surface area contributed by atoms with Crippen LogP contribution in [0.3, 0.4) is 0 Å². The molecule has 2 saturated heterocycles. The van der Waals surface area contributed by atoms with E-state index in [1.807, 2.05) is 18.7 Å². The van der Waals surface area contributed by atoms with Crippen molar-refractivity contribution in [1.82, 2.24) is 4.90 Å². The molecule has 4 nitrogen and oxygen atoms in total. The van der Waals surface area contributed by atoms with Gasteiger partial charge in [-0.2, -0.15) is 0 Å². The number of carbonyl (C=O) groups excluding carboxylic acids is 1. The number of ether oxygens (including phenoxy) is 1. The van der Waals surface area contributed by atoms with Crippen molar-refractivity contribution in [3.8, 4) is 0 Å². The first-order chi connectivity index (χ1) is 8.51. The Labute approximate surface area is 109 Å². The largest absolute Gasteiger partial charge is 0.391 e. The molecule has 2 aliphatic rings. The molecule has 1 N–H and O–H groups in total. The Balaban J connectivity index is 1.94. The minimum atomic E-state index is -0.416. The summed E-state index contributed by atoms with van der Waals surface area (Å²) < 4.78 is 5.32. The highest BCUT2D eigenvalue weighted by atomic mass is 16.5. The Morgan fingerprint density at radius 1 is 1.33 bits per heavy atom. The van der Waals surface area contributed by atoms with E-state index in [1.54, 1.807) is 0 Å². The van der Waals surface area contributed by atoms with E-state index in [1.165, 1.54) is 0 Å². The number of hydrogen-bond acceptors (Lipinski definition) is 3. The zero-order valence-corrected chi connectivity index (χ0v) is 11.5. The van der Waals surface area contributed by atoms with E-state index in [0.717, 1.165) is 45.4 Å². The van der Waals surface area contributed by atoms with E-state index >= 15 is 0 Å². The van der Waals surface area contributed by atoms with Gasteiger partial charge in [-0.1, -0.05) is 0 Å². The average molecular weight is 255 g/mol. The van der Waals surface area contributed by atoms with Crippen molar-refractivity contribution in [1.29, 1.82) is 0 Å². The monoisotopic (exact) mass is 255 g/mol. The number of likely N-dealkylation sites (tertiary alicyclic amines) is 1. The number of aliphatic hydroxyl groups is 1. The van der Waals surface area contributed by atoms with Gasteiger partial charge in [-0.05, 0) is 45.4 Å². The van der Waals surface area contributed by atoms with E-state index in [-0.39, 0.29) is 5.91 Å². The maximum Gasteiger partial charge on any atom is 0.223 e. The van der Waals surface area contributed by atoms with Crippen LogP contribution in [0.4, 0.5) is 0 Å². The van der Waals surface area contributed by atoms with Crippen molar-refractivity contribution in [2.24, 2.45) is 5.92 Å². The van der Waals surface area contributed by atoms with E-state index < -0.39 is 11.6 Å². The van der Waals surface area contributed by atoms with Crippen LogP contribution in [-0.2, 0) is 9.53 Å². The van der Waals surface area contributed by atoms with Crippen LogP contribution in [0.25, 0.3) is 0 Å². The van der Waals surface area contributed by atoms with Crippen LogP contribution < -0.4 is 0 Å². The summed E-state index contributed by atoms with van der Waals surface area (Å²) in [4.78, 5) is 14.3. The van der Waals surface area contributed by atoms with Gasteiger partial charge in [-0.3, -0.25) is 4.79 Å². The molecule has 2 aliphatic heterocycles. The topological polar surface area (TPSA) is 49.8 Å². The molecule has 4 heteroatoms. The summed E-state index contributed by atoms with van der Waals surface area (Å²) in [7, 11) is 0. The summed E-state index contributed by atoms with van der Waals surface area (Å²) in [6.45, 7) is 6.29. The molecule has 0 spiro atoms. The third kappa shape index (κ3) is 2.86.